The third-order valence-electron chi connectivity index (χ3n) is 5.71. The van der Waals surface area contributed by atoms with Gasteiger partial charge in [0.2, 0.25) is 5.92 Å². The fraction of sp³-hybridized carbons (Fsp3) is 0.333. The highest BCUT2D eigenvalue weighted by Gasteiger charge is 2.37. The highest BCUT2D eigenvalue weighted by molar-refractivity contribution is 6.06. The lowest BCUT2D eigenvalue weighted by atomic mass is 9.83. The normalized spacial score (nSPS) is 15.7. The quantitative estimate of drug-likeness (QED) is 0.460. The molecule has 1 aliphatic rings. The molecule has 178 valence electrons. The zero-order valence-electron chi connectivity index (χ0n) is 18.3. The second kappa shape index (κ2) is 9.74. The summed E-state index contributed by atoms with van der Waals surface area (Å²) >= 11 is 0. The van der Waals surface area contributed by atoms with E-state index in [0.29, 0.717) is 12.3 Å². The molecule has 0 radical (unpaired) electrons. The van der Waals surface area contributed by atoms with Gasteiger partial charge in [0.25, 0.3) is 5.91 Å². The number of amides is 1. The van der Waals surface area contributed by atoms with Gasteiger partial charge in [0.15, 0.2) is 0 Å². The number of pyridine rings is 1. The lowest BCUT2D eigenvalue weighted by Gasteiger charge is -2.29. The number of carbonyl (C=O) groups is 1. The minimum atomic E-state index is -2.76. The molecule has 6 nitrogen and oxygen atoms in total. The number of halogens is 4. The molecule has 10 heteroatoms. The van der Waals surface area contributed by atoms with Crippen molar-refractivity contribution in [3.8, 4) is 17.1 Å². The molecule has 1 aliphatic carbocycles. The Morgan fingerprint density at radius 3 is 2.47 bits per heavy atom. The maximum absolute atomic E-state index is 14.7. The van der Waals surface area contributed by atoms with Gasteiger partial charge in [-0.05, 0) is 44.0 Å². The van der Waals surface area contributed by atoms with Crippen LogP contribution in [0, 0.1) is 11.6 Å². The molecule has 4 rings (SSSR count). The molecule has 1 fully saturated rings. The minimum Gasteiger partial charge on any atom is -0.464 e. The Hall–Kier alpha value is -3.56. The number of hydrogen-bond acceptors (Lipinski definition) is 5. The van der Waals surface area contributed by atoms with E-state index < -0.39 is 23.5 Å². The molecule has 1 aromatic carbocycles. The molecule has 0 atom stereocenters. The molecule has 1 saturated carbocycles. The van der Waals surface area contributed by atoms with E-state index in [1.807, 2.05) is 0 Å². The molecule has 1 amide bonds. The number of aromatic nitrogens is 3. The third kappa shape index (κ3) is 5.16. The second-order valence-corrected chi connectivity index (χ2v) is 8.01. The SMILES string of the molecule is CCOc1ncc(C(=O)Nc2c(-c3cc(F)ccc3F)ccnc2C2CCC(F)(F)CC2)cn1. The van der Waals surface area contributed by atoms with Crippen molar-refractivity contribution in [2.45, 2.75) is 44.4 Å². The van der Waals surface area contributed by atoms with Gasteiger partial charge < -0.3 is 10.1 Å². The van der Waals surface area contributed by atoms with E-state index in [1.165, 1.54) is 24.7 Å². The summed E-state index contributed by atoms with van der Waals surface area (Å²) in [5, 5.41) is 2.71. The monoisotopic (exact) mass is 474 g/mol. The fourth-order valence-corrected chi connectivity index (χ4v) is 3.98. The predicted octanol–water partition coefficient (Wildman–Crippen LogP) is 5.76. The number of benzene rings is 1. The summed E-state index contributed by atoms with van der Waals surface area (Å²) < 4.78 is 61.3. The fourth-order valence-electron chi connectivity index (χ4n) is 3.98. The van der Waals surface area contributed by atoms with Gasteiger partial charge in [-0.1, -0.05) is 0 Å². The first kappa shape index (κ1) is 23.6. The molecule has 0 aliphatic heterocycles. The zero-order valence-corrected chi connectivity index (χ0v) is 18.3. The molecule has 34 heavy (non-hydrogen) atoms. The van der Waals surface area contributed by atoms with Crippen LogP contribution in [-0.4, -0.2) is 33.4 Å². The van der Waals surface area contributed by atoms with E-state index >= 15 is 0 Å². The molecule has 0 unspecified atom stereocenters. The van der Waals surface area contributed by atoms with Gasteiger partial charge in [0.1, 0.15) is 11.6 Å². The summed E-state index contributed by atoms with van der Waals surface area (Å²) in [5.74, 6) is -5.12. The summed E-state index contributed by atoms with van der Waals surface area (Å²) in [5.41, 5.74) is 0.694. The highest BCUT2D eigenvalue weighted by atomic mass is 19.3. The maximum Gasteiger partial charge on any atom is 0.316 e. The molecule has 2 heterocycles. The van der Waals surface area contributed by atoms with Crippen LogP contribution in [0.2, 0.25) is 0 Å². The van der Waals surface area contributed by atoms with Crippen molar-refractivity contribution in [2.75, 3.05) is 11.9 Å². The van der Waals surface area contributed by atoms with E-state index in [0.717, 1.165) is 18.2 Å². The van der Waals surface area contributed by atoms with Crippen LogP contribution in [0.4, 0.5) is 23.2 Å². The van der Waals surface area contributed by atoms with E-state index in [4.69, 9.17) is 4.74 Å². The van der Waals surface area contributed by atoms with Crippen molar-refractivity contribution >= 4 is 11.6 Å². The smallest absolute Gasteiger partial charge is 0.316 e. The first-order valence-electron chi connectivity index (χ1n) is 10.9. The van der Waals surface area contributed by atoms with E-state index in [1.54, 1.807) is 6.92 Å². The lowest BCUT2D eigenvalue weighted by Crippen LogP contribution is -2.25. The number of nitrogens with zero attached hydrogens (tertiary/aromatic N) is 3. The Bertz CT molecular complexity index is 1180. The van der Waals surface area contributed by atoms with Crippen LogP contribution in [-0.2, 0) is 0 Å². The van der Waals surface area contributed by atoms with Crippen LogP contribution in [0.5, 0.6) is 6.01 Å². The summed E-state index contributed by atoms with van der Waals surface area (Å²) in [6.07, 6.45) is 3.58. The number of anilines is 1. The average molecular weight is 474 g/mol. The average Bonchev–Trinajstić information content (AvgIpc) is 2.82. The first-order valence-corrected chi connectivity index (χ1v) is 10.9. The van der Waals surface area contributed by atoms with Gasteiger partial charge in [0, 0.05) is 48.5 Å². The summed E-state index contributed by atoms with van der Waals surface area (Å²) in [6, 6.07) is 4.53. The molecule has 0 spiro atoms. The van der Waals surface area contributed by atoms with E-state index in [9.17, 15) is 22.4 Å². The van der Waals surface area contributed by atoms with Crippen LogP contribution >= 0.6 is 0 Å². The predicted molar refractivity (Wildman–Crippen MR) is 117 cm³/mol. The molecular formula is C24H22F4N4O2. The van der Waals surface area contributed by atoms with Crippen molar-refractivity contribution in [3.05, 3.63) is 65.7 Å². The number of carbonyl (C=O) groups excluding carboxylic acids is 1. The van der Waals surface area contributed by atoms with E-state index in [2.05, 4.69) is 20.3 Å². The van der Waals surface area contributed by atoms with Gasteiger partial charge in [0.05, 0.1) is 23.6 Å². The second-order valence-electron chi connectivity index (χ2n) is 8.01. The number of nitrogens with one attached hydrogen (secondary N) is 1. The lowest BCUT2D eigenvalue weighted by molar-refractivity contribution is -0.0384. The number of hydrogen-bond donors (Lipinski definition) is 1. The van der Waals surface area contributed by atoms with Crippen molar-refractivity contribution in [3.63, 3.8) is 0 Å². The van der Waals surface area contributed by atoms with E-state index in [-0.39, 0.29) is 60.0 Å². The molecular weight excluding hydrogens is 452 g/mol. The van der Waals surface area contributed by atoms with Crippen LogP contribution in [0.15, 0.2) is 42.9 Å². The third-order valence-corrected chi connectivity index (χ3v) is 5.71. The topological polar surface area (TPSA) is 77.0 Å². The van der Waals surface area contributed by atoms with Crippen LogP contribution in [0.25, 0.3) is 11.1 Å². The standard InChI is InChI=1S/C24H22F4N4O2/c1-2-34-23-30-12-15(13-31-23)22(33)32-21-17(18-11-16(25)3-4-19(18)26)7-10-29-20(21)14-5-8-24(27,28)9-6-14/h3-4,7,10-14H,2,5-6,8-9H2,1H3,(H,32,33). The number of alkyl halides is 2. The molecule has 1 N–H and O–H groups in total. The van der Waals surface area contributed by atoms with Gasteiger partial charge in [-0.25, -0.2) is 27.5 Å². The van der Waals surface area contributed by atoms with Crippen LogP contribution in [0.1, 0.15) is 54.6 Å². The van der Waals surface area contributed by atoms with Gasteiger partial charge >= 0.3 is 6.01 Å². The number of rotatable bonds is 6. The molecule has 0 bridgehead atoms. The molecule has 0 saturated heterocycles. The Morgan fingerprint density at radius 2 is 1.79 bits per heavy atom. The Morgan fingerprint density at radius 1 is 1.09 bits per heavy atom. The van der Waals surface area contributed by atoms with Crippen molar-refractivity contribution < 1.29 is 27.1 Å². The van der Waals surface area contributed by atoms with Gasteiger partial charge in [-0.2, -0.15) is 0 Å². The maximum atomic E-state index is 14.7. The molecule has 3 aromatic rings. The summed E-state index contributed by atoms with van der Waals surface area (Å²) in [6.45, 7) is 2.12. The largest absolute Gasteiger partial charge is 0.464 e. The van der Waals surface area contributed by atoms with Crippen molar-refractivity contribution in [1.82, 2.24) is 15.0 Å². The Balaban J connectivity index is 1.74. The van der Waals surface area contributed by atoms with Gasteiger partial charge in [-0.15, -0.1) is 0 Å². The minimum absolute atomic E-state index is 0.0805. The van der Waals surface area contributed by atoms with Crippen LogP contribution < -0.4 is 10.1 Å². The Labute approximate surface area is 193 Å². The van der Waals surface area contributed by atoms with Crippen LogP contribution in [0.3, 0.4) is 0 Å². The Kier molecular flexibility index (Phi) is 6.76. The highest BCUT2D eigenvalue weighted by Crippen LogP contribution is 2.44. The zero-order chi connectivity index (χ0) is 24.3. The van der Waals surface area contributed by atoms with Crippen molar-refractivity contribution in [2.24, 2.45) is 0 Å². The van der Waals surface area contributed by atoms with Crippen molar-refractivity contribution in [1.29, 1.82) is 0 Å². The number of ether oxygens (including phenoxy) is 1. The van der Waals surface area contributed by atoms with Gasteiger partial charge in [-0.3, -0.25) is 9.78 Å². The summed E-state index contributed by atoms with van der Waals surface area (Å²) in [4.78, 5) is 25.3. The molecule has 2 aromatic heterocycles. The summed E-state index contributed by atoms with van der Waals surface area (Å²) in [7, 11) is 0. The first-order chi connectivity index (χ1) is 16.3.